The summed E-state index contributed by atoms with van der Waals surface area (Å²) < 4.78 is 5.58. The molecular weight excluding hydrogens is 264 g/mol. The van der Waals surface area contributed by atoms with Gasteiger partial charge in [-0.25, -0.2) is 0 Å². The fourth-order valence-electron chi connectivity index (χ4n) is 2.84. The lowest BCUT2D eigenvalue weighted by Gasteiger charge is -2.20. The van der Waals surface area contributed by atoms with Gasteiger partial charge in [-0.3, -0.25) is 9.78 Å². The number of aromatic nitrogens is 1. The lowest BCUT2D eigenvalue weighted by Crippen LogP contribution is -2.27. The van der Waals surface area contributed by atoms with E-state index in [0.717, 1.165) is 42.5 Å². The van der Waals surface area contributed by atoms with E-state index in [1.807, 2.05) is 37.4 Å². The Kier molecular flexibility index (Phi) is 4.15. The summed E-state index contributed by atoms with van der Waals surface area (Å²) in [4.78, 5) is 18.5. The number of nitrogens with zero attached hydrogens (tertiary/aromatic N) is 2. The molecule has 1 aromatic carbocycles. The highest BCUT2D eigenvalue weighted by atomic mass is 16.5. The van der Waals surface area contributed by atoms with Crippen LogP contribution in [0.1, 0.15) is 25.7 Å². The molecule has 1 aliphatic rings. The largest absolute Gasteiger partial charge is 0.378 e. The van der Waals surface area contributed by atoms with E-state index >= 15 is 0 Å². The van der Waals surface area contributed by atoms with Gasteiger partial charge < -0.3 is 9.64 Å². The quantitative estimate of drug-likeness (QED) is 0.866. The van der Waals surface area contributed by atoms with Gasteiger partial charge in [-0.15, -0.1) is 0 Å². The third-order valence-electron chi connectivity index (χ3n) is 4.06. The predicted octanol–water partition coefficient (Wildman–Crippen LogP) is 3.16. The highest BCUT2D eigenvalue weighted by molar-refractivity contribution is 6.02. The Balaban J connectivity index is 1.73. The number of fused-ring (bicyclic) bond motifs is 1. The maximum Gasteiger partial charge on any atom is 0.226 e. The first-order chi connectivity index (χ1) is 10.3. The van der Waals surface area contributed by atoms with Crippen molar-refractivity contribution in [1.29, 1.82) is 0 Å². The normalized spacial score (nSPS) is 18.0. The van der Waals surface area contributed by atoms with Crippen molar-refractivity contribution in [3.8, 4) is 0 Å². The van der Waals surface area contributed by atoms with Crippen molar-refractivity contribution in [2.24, 2.45) is 0 Å². The zero-order valence-corrected chi connectivity index (χ0v) is 12.3. The van der Waals surface area contributed by atoms with Gasteiger partial charge in [-0.2, -0.15) is 0 Å². The van der Waals surface area contributed by atoms with Crippen LogP contribution in [0.5, 0.6) is 0 Å². The van der Waals surface area contributed by atoms with E-state index in [4.69, 9.17) is 4.74 Å². The van der Waals surface area contributed by atoms with E-state index in [-0.39, 0.29) is 12.0 Å². The second kappa shape index (κ2) is 6.22. The van der Waals surface area contributed by atoms with Gasteiger partial charge in [-0.1, -0.05) is 6.07 Å². The zero-order chi connectivity index (χ0) is 14.7. The Bertz CT molecular complexity index is 630. The lowest BCUT2D eigenvalue weighted by atomic mass is 10.1. The summed E-state index contributed by atoms with van der Waals surface area (Å²) in [5.41, 5.74) is 1.83. The Morgan fingerprint density at radius 2 is 2.29 bits per heavy atom. The molecule has 4 heteroatoms. The van der Waals surface area contributed by atoms with Crippen LogP contribution in [0, 0.1) is 0 Å². The molecule has 110 valence electrons. The molecule has 2 aromatic rings. The summed E-state index contributed by atoms with van der Waals surface area (Å²) in [5, 5.41) is 1.01. The maximum absolute atomic E-state index is 12.4. The number of hydrogen-bond donors (Lipinski definition) is 0. The van der Waals surface area contributed by atoms with Gasteiger partial charge in [0.1, 0.15) is 0 Å². The van der Waals surface area contributed by atoms with Gasteiger partial charge in [0, 0.05) is 31.7 Å². The first kappa shape index (κ1) is 14.0. The molecule has 1 amide bonds. The number of carbonyl (C=O) groups is 1. The van der Waals surface area contributed by atoms with Gasteiger partial charge in [0.2, 0.25) is 5.91 Å². The Labute approximate surface area is 124 Å². The molecule has 21 heavy (non-hydrogen) atoms. The molecule has 1 saturated heterocycles. The van der Waals surface area contributed by atoms with Crippen molar-refractivity contribution < 1.29 is 9.53 Å². The minimum Gasteiger partial charge on any atom is -0.378 e. The van der Waals surface area contributed by atoms with E-state index in [1.54, 1.807) is 11.1 Å². The summed E-state index contributed by atoms with van der Waals surface area (Å²) in [6, 6.07) is 9.77. The second-order valence-electron chi connectivity index (χ2n) is 5.47. The van der Waals surface area contributed by atoms with Crippen molar-refractivity contribution in [1.82, 2.24) is 4.98 Å². The molecule has 2 heterocycles. The SMILES string of the molecule is CN(C(=O)CCC1CCCO1)c1cccc2ncccc12. The Morgan fingerprint density at radius 3 is 3.10 bits per heavy atom. The molecule has 0 spiro atoms. The number of carbonyl (C=O) groups excluding carboxylic acids is 1. The minimum absolute atomic E-state index is 0.127. The highest BCUT2D eigenvalue weighted by Crippen LogP contribution is 2.25. The first-order valence-electron chi connectivity index (χ1n) is 7.47. The lowest BCUT2D eigenvalue weighted by molar-refractivity contribution is -0.118. The number of ether oxygens (including phenoxy) is 1. The zero-order valence-electron chi connectivity index (χ0n) is 12.3. The highest BCUT2D eigenvalue weighted by Gasteiger charge is 2.19. The van der Waals surface area contributed by atoms with Gasteiger partial charge >= 0.3 is 0 Å². The Hall–Kier alpha value is -1.94. The van der Waals surface area contributed by atoms with Gasteiger partial charge in [0.25, 0.3) is 0 Å². The minimum atomic E-state index is 0.127. The maximum atomic E-state index is 12.4. The van der Waals surface area contributed by atoms with Crippen molar-refractivity contribution in [3.63, 3.8) is 0 Å². The van der Waals surface area contributed by atoms with E-state index in [2.05, 4.69) is 4.98 Å². The van der Waals surface area contributed by atoms with Crippen LogP contribution < -0.4 is 4.90 Å². The van der Waals surface area contributed by atoms with E-state index in [9.17, 15) is 4.79 Å². The smallest absolute Gasteiger partial charge is 0.226 e. The van der Waals surface area contributed by atoms with Crippen molar-refractivity contribution in [3.05, 3.63) is 36.5 Å². The summed E-state index contributed by atoms with van der Waals surface area (Å²) in [6.07, 6.45) is 5.56. The summed E-state index contributed by atoms with van der Waals surface area (Å²) in [5.74, 6) is 0.127. The first-order valence-corrected chi connectivity index (χ1v) is 7.47. The van der Waals surface area contributed by atoms with Crippen LogP contribution in [0.2, 0.25) is 0 Å². The summed E-state index contributed by atoms with van der Waals surface area (Å²) >= 11 is 0. The molecule has 0 aliphatic carbocycles. The number of benzene rings is 1. The molecule has 0 N–H and O–H groups in total. The molecule has 0 radical (unpaired) electrons. The molecule has 1 unspecified atom stereocenters. The van der Waals surface area contributed by atoms with E-state index < -0.39 is 0 Å². The fourth-order valence-corrected chi connectivity index (χ4v) is 2.84. The molecule has 1 atom stereocenters. The van der Waals surface area contributed by atoms with Crippen LogP contribution in [-0.4, -0.2) is 30.6 Å². The van der Waals surface area contributed by atoms with Gasteiger partial charge in [0.15, 0.2) is 0 Å². The number of amides is 1. The number of hydrogen-bond acceptors (Lipinski definition) is 3. The van der Waals surface area contributed by atoms with Gasteiger partial charge in [0.05, 0.1) is 17.3 Å². The van der Waals surface area contributed by atoms with Crippen LogP contribution in [0.4, 0.5) is 5.69 Å². The molecular formula is C17H20N2O2. The third kappa shape index (κ3) is 3.05. The van der Waals surface area contributed by atoms with Crippen molar-refractivity contribution in [2.75, 3.05) is 18.6 Å². The van der Waals surface area contributed by atoms with Crippen LogP contribution in [0.25, 0.3) is 10.9 Å². The number of pyridine rings is 1. The van der Waals surface area contributed by atoms with E-state index in [0.29, 0.717) is 6.42 Å². The molecule has 1 aliphatic heterocycles. The van der Waals surface area contributed by atoms with Crippen LogP contribution >= 0.6 is 0 Å². The molecule has 1 aromatic heterocycles. The van der Waals surface area contributed by atoms with Crippen molar-refractivity contribution >= 4 is 22.5 Å². The second-order valence-corrected chi connectivity index (χ2v) is 5.47. The average molecular weight is 284 g/mol. The molecule has 0 saturated carbocycles. The fraction of sp³-hybridized carbons (Fsp3) is 0.412. The molecule has 4 nitrogen and oxygen atoms in total. The van der Waals surface area contributed by atoms with Crippen LogP contribution in [0.15, 0.2) is 36.5 Å². The standard InChI is InChI=1S/C17H20N2O2/c1-19(17(20)10-9-13-5-4-12-21-13)16-8-2-7-15-14(16)6-3-11-18-15/h2-3,6-8,11,13H,4-5,9-10,12H2,1H3. The average Bonchev–Trinajstić information content (AvgIpc) is 3.05. The molecule has 3 rings (SSSR count). The van der Waals surface area contributed by atoms with Crippen LogP contribution in [0.3, 0.4) is 0 Å². The van der Waals surface area contributed by atoms with E-state index in [1.165, 1.54) is 0 Å². The molecule has 1 fully saturated rings. The summed E-state index contributed by atoms with van der Waals surface area (Å²) in [6.45, 7) is 0.837. The van der Waals surface area contributed by atoms with Crippen molar-refractivity contribution in [2.45, 2.75) is 31.8 Å². The Morgan fingerprint density at radius 1 is 1.38 bits per heavy atom. The number of anilines is 1. The predicted molar refractivity (Wildman–Crippen MR) is 83.4 cm³/mol. The third-order valence-corrected chi connectivity index (χ3v) is 4.06. The monoisotopic (exact) mass is 284 g/mol. The topological polar surface area (TPSA) is 42.4 Å². The number of rotatable bonds is 4. The van der Waals surface area contributed by atoms with Gasteiger partial charge in [-0.05, 0) is 43.5 Å². The van der Waals surface area contributed by atoms with Crippen LogP contribution in [-0.2, 0) is 9.53 Å². The summed E-state index contributed by atoms with van der Waals surface area (Å²) in [7, 11) is 1.83. The molecule has 0 bridgehead atoms.